The van der Waals surface area contributed by atoms with E-state index in [1.165, 1.54) is 0 Å². The van der Waals surface area contributed by atoms with Crippen molar-refractivity contribution in [3.63, 3.8) is 0 Å². The average molecular weight is 405 g/mol. The van der Waals surface area contributed by atoms with Crippen molar-refractivity contribution in [1.82, 2.24) is 20.5 Å². The molecule has 0 saturated heterocycles. The highest BCUT2D eigenvalue weighted by atomic mass is 127. The van der Waals surface area contributed by atoms with Crippen molar-refractivity contribution in [1.29, 1.82) is 0 Å². The number of nitrogens with zero attached hydrogens (tertiary/aromatic N) is 3. The molecule has 0 bridgehead atoms. The molecule has 6 nitrogen and oxygen atoms in total. The van der Waals surface area contributed by atoms with Gasteiger partial charge in [-0.15, -0.1) is 24.0 Å². The van der Waals surface area contributed by atoms with Gasteiger partial charge >= 0.3 is 0 Å². The van der Waals surface area contributed by atoms with E-state index in [1.54, 1.807) is 25.2 Å². The molecule has 0 fully saturated rings. The molecule has 0 unspecified atom stereocenters. The first-order chi connectivity index (χ1) is 9.63. The molecule has 1 heterocycles. The number of nitrogens with one attached hydrogen (secondary N) is 2. The van der Waals surface area contributed by atoms with Gasteiger partial charge in [0.2, 0.25) is 5.91 Å². The summed E-state index contributed by atoms with van der Waals surface area (Å²) in [5.41, 5.74) is 0.911. The maximum Gasteiger partial charge on any atom is 0.223 e. The van der Waals surface area contributed by atoms with Crippen LogP contribution in [-0.4, -0.2) is 48.9 Å². The first kappa shape index (κ1) is 19.6. The van der Waals surface area contributed by atoms with Gasteiger partial charge < -0.3 is 15.5 Å². The van der Waals surface area contributed by atoms with Crippen molar-refractivity contribution in [3.8, 4) is 0 Å². The van der Waals surface area contributed by atoms with E-state index in [0.717, 1.165) is 12.2 Å². The Bertz CT molecular complexity index is 436. The maximum atomic E-state index is 11.5. The monoisotopic (exact) mass is 405 g/mol. The lowest BCUT2D eigenvalue weighted by Gasteiger charge is -2.13. The van der Waals surface area contributed by atoms with Crippen LogP contribution < -0.4 is 10.6 Å². The van der Waals surface area contributed by atoms with E-state index >= 15 is 0 Å². The van der Waals surface area contributed by atoms with Crippen LogP contribution in [0.4, 0.5) is 0 Å². The second-order valence-electron chi connectivity index (χ2n) is 4.48. The number of hydrogen-bond donors (Lipinski definition) is 2. The molecule has 7 heteroatoms. The Morgan fingerprint density at radius 2 is 2.10 bits per heavy atom. The van der Waals surface area contributed by atoms with E-state index in [-0.39, 0.29) is 29.9 Å². The summed E-state index contributed by atoms with van der Waals surface area (Å²) in [4.78, 5) is 21.7. The number of guanidine groups is 1. The summed E-state index contributed by atoms with van der Waals surface area (Å²) >= 11 is 0. The second kappa shape index (κ2) is 11.3. The highest BCUT2D eigenvalue weighted by Crippen LogP contribution is 1.95. The van der Waals surface area contributed by atoms with Crippen LogP contribution in [0.5, 0.6) is 0 Å². The number of carbonyl (C=O) groups is 1. The van der Waals surface area contributed by atoms with E-state index in [2.05, 4.69) is 20.6 Å². The largest absolute Gasteiger partial charge is 0.357 e. The molecule has 0 aliphatic heterocycles. The van der Waals surface area contributed by atoms with Crippen molar-refractivity contribution in [2.75, 3.05) is 27.2 Å². The Labute approximate surface area is 143 Å². The quantitative estimate of drug-likeness (QED) is 0.425. The van der Waals surface area contributed by atoms with Crippen molar-refractivity contribution >= 4 is 35.8 Å². The molecule has 0 saturated carbocycles. The van der Waals surface area contributed by atoms with Crippen LogP contribution in [0.1, 0.15) is 19.0 Å². The number of rotatable bonds is 6. The van der Waals surface area contributed by atoms with Gasteiger partial charge in [0.15, 0.2) is 5.96 Å². The van der Waals surface area contributed by atoms with Crippen molar-refractivity contribution in [3.05, 3.63) is 30.1 Å². The summed E-state index contributed by atoms with van der Waals surface area (Å²) in [6, 6.07) is 5.75. The van der Waals surface area contributed by atoms with Crippen LogP contribution in [0.25, 0.3) is 0 Å². The number of pyridine rings is 1. The lowest BCUT2D eigenvalue weighted by Crippen LogP contribution is -2.39. The van der Waals surface area contributed by atoms with Gasteiger partial charge in [-0.1, -0.05) is 6.07 Å². The Morgan fingerprint density at radius 3 is 2.67 bits per heavy atom. The normalized spacial score (nSPS) is 10.5. The van der Waals surface area contributed by atoms with Gasteiger partial charge in [0, 0.05) is 39.8 Å². The van der Waals surface area contributed by atoms with E-state index in [0.29, 0.717) is 25.5 Å². The standard InChI is InChI=1S/C14H23N5O.HI/c1-4-15-14(17-10-8-13(20)19(2)3)18-11-12-7-5-6-9-16-12;/h5-7,9H,4,8,10-11H2,1-3H3,(H2,15,17,18);1H. The zero-order chi connectivity index (χ0) is 14.8. The zero-order valence-electron chi connectivity index (χ0n) is 12.8. The predicted molar refractivity (Wildman–Crippen MR) is 95.8 cm³/mol. The van der Waals surface area contributed by atoms with Crippen LogP contribution in [0.3, 0.4) is 0 Å². The molecule has 2 N–H and O–H groups in total. The Balaban J connectivity index is 0.00000400. The molecule has 0 aliphatic carbocycles. The highest BCUT2D eigenvalue weighted by Gasteiger charge is 2.04. The third-order valence-corrected chi connectivity index (χ3v) is 2.60. The molecule has 0 radical (unpaired) electrons. The van der Waals surface area contributed by atoms with Crippen molar-refractivity contribution in [2.24, 2.45) is 4.99 Å². The van der Waals surface area contributed by atoms with Gasteiger partial charge in [0.25, 0.3) is 0 Å². The third kappa shape index (κ3) is 8.49. The molecule has 1 amide bonds. The highest BCUT2D eigenvalue weighted by molar-refractivity contribution is 14.0. The van der Waals surface area contributed by atoms with Crippen LogP contribution in [0, 0.1) is 0 Å². The second-order valence-corrected chi connectivity index (χ2v) is 4.48. The molecule has 1 aromatic heterocycles. The SMILES string of the molecule is CCNC(=NCc1ccccn1)NCCC(=O)N(C)C.I. The smallest absolute Gasteiger partial charge is 0.223 e. The Kier molecular flexibility index (Phi) is 10.6. The van der Waals surface area contributed by atoms with Crippen molar-refractivity contribution in [2.45, 2.75) is 19.9 Å². The van der Waals surface area contributed by atoms with E-state index in [4.69, 9.17) is 0 Å². The lowest BCUT2D eigenvalue weighted by molar-refractivity contribution is -0.128. The minimum atomic E-state index is 0. The molecular weight excluding hydrogens is 381 g/mol. The average Bonchev–Trinajstić information content (AvgIpc) is 2.45. The van der Waals surface area contributed by atoms with E-state index < -0.39 is 0 Å². The molecule has 21 heavy (non-hydrogen) atoms. The molecule has 0 aliphatic rings. The first-order valence-corrected chi connectivity index (χ1v) is 6.75. The summed E-state index contributed by atoms with van der Waals surface area (Å²) in [7, 11) is 3.51. The summed E-state index contributed by atoms with van der Waals surface area (Å²) in [5, 5.41) is 6.28. The molecule has 0 spiro atoms. The fraction of sp³-hybridized carbons (Fsp3) is 0.500. The zero-order valence-corrected chi connectivity index (χ0v) is 15.1. The van der Waals surface area contributed by atoms with E-state index in [1.807, 2.05) is 25.1 Å². The number of amides is 1. The van der Waals surface area contributed by atoms with E-state index in [9.17, 15) is 4.79 Å². The fourth-order valence-electron chi connectivity index (χ4n) is 1.50. The first-order valence-electron chi connectivity index (χ1n) is 6.75. The summed E-state index contributed by atoms with van der Waals surface area (Å²) in [5.74, 6) is 0.794. The molecule has 0 atom stereocenters. The molecule has 1 aromatic rings. The minimum Gasteiger partial charge on any atom is -0.357 e. The summed E-state index contributed by atoms with van der Waals surface area (Å²) in [6.45, 7) is 3.85. The van der Waals surface area contributed by atoms with Crippen LogP contribution in [0.2, 0.25) is 0 Å². The van der Waals surface area contributed by atoms with Crippen molar-refractivity contribution < 1.29 is 4.79 Å². The number of hydrogen-bond acceptors (Lipinski definition) is 3. The molecule has 118 valence electrons. The fourth-order valence-corrected chi connectivity index (χ4v) is 1.50. The Hall–Kier alpha value is -1.38. The van der Waals surface area contributed by atoms with Gasteiger partial charge in [-0.05, 0) is 19.1 Å². The summed E-state index contributed by atoms with van der Waals surface area (Å²) in [6.07, 6.45) is 2.20. The number of halogens is 1. The number of carbonyl (C=O) groups excluding carboxylic acids is 1. The van der Waals surface area contributed by atoms with Gasteiger partial charge in [-0.3, -0.25) is 9.78 Å². The molecule has 0 aromatic carbocycles. The van der Waals surface area contributed by atoms with Crippen LogP contribution in [-0.2, 0) is 11.3 Å². The maximum absolute atomic E-state index is 11.5. The molecule has 1 rings (SSSR count). The van der Waals surface area contributed by atoms with Gasteiger partial charge in [0.1, 0.15) is 0 Å². The van der Waals surface area contributed by atoms with Gasteiger partial charge in [-0.2, -0.15) is 0 Å². The minimum absolute atomic E-state index is 0. The van der Waals surface area contributed by atoms with Gasteiger partial charge in [-0.25, -0.2) is 4.99 Å². The third-order valence-electron chi connectivity index (χ3n) is 2.60. The van der Waals surface area contributed by atoms with Crippen LogP contribution >= 0.6 is 24.0 Å². The number of aromatic nitrogens is 1. The molecular formula is C14H24IN5O. The summed E-state index contributed by atoms with van der Waals surface area (Å²) < 4.78 is 0. The lowest BCUT2D eigenvalue weighted by atomic mass is 10.3. The van der Waals surface area contributed by atoms with Gasteiger partial charge in [0.05, 0.1) is 12.2 Å². The predicted octanol–water partition coefficient (Wildman–Crippen LogP) is 1.23. The topological polar surface area (TPSA) is 69.6 Å². The Morgan fingerprint density at radius 1 is 1.33 bits per heavy atom. The van der Waals surface area contributed by atoms with Crippen LogP contribution in [0.15, 0.2) is 29.4 Å². The number of aliphatic imine (C=N–C) groups is 1.